The van der Waals surface area contributed by atoms with Crippen LogP contribution in [0.1, 0.15) is 10.4 Å². The predicted molar refractivity (Wildman–Crippen MR) is 137 cm³/mol. The highest BCUT2D eigenvalue weighted by Crippen LogP contribution is 2.29. The van der Waals surface area contributed by atoms with Crippen molar-refractivity contribution < 1.29 is 19.1 Å². The second-order valence-corrected chi connectivity index (χ2v) is 7.54. The zero-order valence-electron chi connectivity index (χ0n) is 19.2. The summed E-state index contributed by atoms with van der Waals surface area (Å²) in [6.07, 6.45) is 0. The van der Waals surface area contributed by atoms with Crippen LogP contribution < -0.4 is 25.4 Å². The van der Waals surface area contributed by atoms with Crippen molar-refractivity contribution >= 4 is 28.9 Å². The van der Waals surface area contributed by atoms with Crippen LogP contribution in [0.4, 0.5) is 17.1 Å². The molecule has 0 aliphatic carbocycles. The third-order valence-electron chi connectivity index (χ3n) is 5.08. The molecule has 0 aliphatic rings. The third kappa shape index (κ3) is 6.39. The summed E-state index contributed by atoms with van der Waals surface area (Å²) >= 11 is 0. The van der Waals surface area contributed by atoms with Crippen molar-refractivity contribution in [2.45, 2.75) is 0 Å². The fraction of sp³-hybridized carbons (Fsp3) is 0.0714. The van der Waals surface area contributed by atoms with Gasteiger partial charge in [0.2, 0.25) is 5.91 Å². The smallest absolute Gasteiger partial charge is 0.255 e. The molecule has 0 fully saturated rings. The second-order valence-electron chi connectivity index (χ2n) is 7.54. The Balaban J connectivity index is 1.32. The van der Waals surface area contributed by atoms with Gasteiger partial charge >= 0.3 is 0 Å². The molecule has 0 spiro atoms. The van der Waals surface area contributed by atoms with Crippen molar-refractivity contribution in [3.8, 4) is 17.2 Å². The molecule has 3 N–H and O–H groups in total. The molecule has 2 amide bonds. The largest absolute Gasteiger partial charge is 0.495 e. The van der Waals surface area contributed by atoms with Gasteiger partial charge in [-0.1, -0.05) is 42.5 Å². The van der Waals surface area contributed by atoms with Crippen LogP contribution in [0.5, 0.6) is 17.2 Å². The van der Waals surface area contributed by atoms with Gasteiger partial charge in [-0.3, -0.25) is 9.59 Å². The normalized spacial score (nSPS) is 10.2. The molecule has 0 aromatic heterocycles. The lowest BCUT2D eigenvalue weighted by atomic mass is 10.2. The molecule has 4 aromatic rings. The number of benzene rings is 4. The number of methoxy groups -OCH3 is 1. The summed E-state index contributed by atoms with van der Waals surface area (Å²) in [6, 6.07) is 30.7. The van der Waals surface area contributed by atoms with Gasteiger partial charge in [-0.2, -0.15) is 0 Å². The van der Waals surface area contributed by atoms with Crippen LogP contribution in [0.15, 0.2) is 103 Å². The predicted octanol–water partition coefficient (Wildman–Crippen LogP) is 5.79. The van der Waals surface area contributed by atoms with Crippen LogP contribution in [0.3, 0.4) is 0 Å². The Bertz CT molecular complexity index is 1290. The van der Waals surface area contributed by atoms with Crippen LogP contribution in [0, 0.1) is 0 Å². The molecule has 0 bridgehead atoms. The van der Waals surface area contributed by atoms with E-state index in [1.54, 1.807) is 43.5 Å². The number of carbonyl (C=O) groups excluding carboxylic acids is 2. The lowest BCUT2D eigenvalue weighted by Gasteiger charge is -2.13. The Kier molecular flexibility index (Phi) is 7.60. The number of carbonyl (C=O) groups is 2. The summed E-state index contributed by atoms with van der Waals surface area (Å²) in [5, 5.41) is 8.76. The van der Waals surface area contributed by atoms with Crippen LogP contribution in [-0.4, -0.2) is 25.5 Å². The first-order valence-corrected chi connectivity index (χ1v) is 11.0. The molecule has 35 heavy (non-hydrogen) atoms. The Hall–Kier alpha value is -4.78. The maximum Gasteiger partial charge on any atom is 0.255 e. The molecular weight excluding hydrogens is 442 g/mol. The number of para-hydroxylation sites is 5. The van der Waals surface area contributed by atoms with Gasteiger partial charge in [-0.05, 0) is 60.7 Å². The molecule has 0 aliphatic heterocycles. The molecule has 7 heteroatoms. The van der Waals surface area contributed by atoms with E-state index in [-0.39, 0.29) is 18.4 Å². The molecule has 0 saturated carbocycles. The molecule has 4 rings (SSSR count). The van der Waals surface area contributed by atoms with Gasteiger partial charge in [0.05, 0.1) is 25.0 Å². The fourth-order valence-electron chi connectivity index (χ4n) is 3.35. The van der Waals surface area contributed by atoms with Crippen molar-refractivity contribution in [3.63, 3.8) is 0 Å². The number of hydrogen-bond donors (Lipinski definition) is 3. The standard InChI is InChI=1S/C28H25N3O4/c1-34-25-13-7-6-12-24(25)31-28(33)20-15-17-21(18-16-20)30-27(32)19-29-23-11-5-8-14-26(23)35-22-9-3-2-4-10-22/h2-18,29H,19H2,1H3,(H,30,32)(H,31,33). The minimum absolute atomic E-state index is 0.0468. The number of rotatable bonds is 9. The zero-order chi connectivity index (χ0) is 24.5. The van der Waals surface area contributed by atoms with Gasteiger partial charge in [0.1, 0.15) is 11.5 Å². The highest BCUT2D eigenvalue weighted by molar-refractivity contribution is 6.05. The SMILES string of the molecule is COc1ccccc1NC(=O)c1ccc(NC(=O)CNc2ccccc2Oc2ccccc2)cc1. The van der Waals surface area contributed by atoms with E-state index in [1.165, 1.54) is 0 Å². The third-order valence-corrected chi connectivity index (χ3v) is 5.08. The minimum atomic E-state index is -0.274. The molecule has 7 nitrogen and oxygen atoms in total. The van der Waals surface area contributed by atoms with E-state index in [2.05, 4.69) is 16.0 Å². The van der Waals surface area contributed by atoms with Crippen LogP contribution in [0.25, 0.3) is 0 Å². The van der Waals surface area contributed by atoms with Crippen molar-refractivity contribution in [1.82, 2.24) is 0 Å². The molecular formula is C28H25N3O4. The maximum absolute atomic E-state index is 12.6. The van der Waals surface area contributed by atoms with Crippen molar-refractivity contribution in [2.75, 3.05) is 29.6 Å². The number of anilines is 3. The number of nitrogens with one attached hydrogen (secondary N) is 3. The maximum atomic E-state index is 12.6. The summed E-state index contributed by atoms with van der Waals surface area (Å²) in [5.41, 5.74) is 2.33. The van der Waals surface area contributed by atoms with Gasteiger partial charge < -0.3 is 25.4 Å². The Labute approximate surface area is 203 Å². The second kappa shape index (κ2) is 11.4. The lowest BCUT2D eigenvalue weighted by molar-refractivity contribution is -0.114. The molecule has 0 atom stereocenters. The minimum Gasteiger partial charge on any atom is -0.495 e. The van der Waals surface area contributed by atoms with E-state index in [4.69, 9.17) is 9.47 Å². The van der Waals surface area contributed by atoms with Crippen LogP contribution >= 0.6 is 0 Å². The topological polar surface area (TPSA) is 88.7 Å². The van der Waals surface area contributed by atoms with Gasteiger partial charge in [-0.15, -0.1) is 0 Å². The first-order valence-electron chi connectivity index (χ1n) is 11.0. The quantitative estimate of drug-likeness (QED) is 0.290. The number of hydrogen-bond acceptors (Lipinski definition) is 5. The van der Waals surface area contributed by atoms with E-state index in [9.17, 15) is 9.59 Å². The van der Waals surface area contributed by atoms with Crippen LogP contribution in [-0.2, 0) is 4.79 Å². The Morgan fingerprint density at radius 2 is 1.31 bits per heavy atom. The number of amides is 2. The van der Waals surface area contributed by atoms with Gasteiger partial charge in [0.25, 0.3) is 5.91 Å². The summed E-state index contributed by atoms with van der Waals surface area (Å²) in [7, 11) is 1.55. The molecule has 0 heterocycles. The van der Waals surface area contributed by atoms with Crippen LogP contribution in [0.2, 0.25) is 0 Å². The fourth-order valence-corrected chi connectivity index (χ4v) is 3.35. The highest BCUT2D eigenvalue weighted by Gasteiger charge is 2.11. The van der Waals surface area contributed by atoms with Gasteiger partial charge in [-0.25, -0.2) is 0 Å². The highest BCUT2D eigenvalue weighted by atomic mass is 16.5. The summed E-state index contributed by atoms with van der Waals surface area (Å²) in [4.78, 5) is 25.0. The molecule has 4 aromatic carbocycles. The summed E-state index contributed by atoms with van der Waals surface area (Å²) < 4.78 is 11.2. The lowest BCUT2D eigenvalue weighted by Crippen LogP contribution is -2.22. The van der Waals surface area contributed by atoms with Gasteiger partial charge in [0, 0.05) is 11.3 Å². The van der Waals surface area contributed by atoms with Crippen molar-refractivity contribution in [1.29, 1.82) is 0 Å². The average molecular weight is 468 g/mol. The molecule has 176 valence electrons. The zero-order valence-corrected chi connectivity index (χ0v) is 19.2. The molecule has 0 saturated heterocycles. The summed E-state index contributed by atoms with van der Waals surface area (Å²) in [6.45, 7) is 0.0468. The first-order chi connectivity index (χ1) is 17.1. The van der Waals surface area contributed by atoms with Crippen molar-refractivity contribution in [2.24, 2.45) is 0 Å². The Morgan fingerprint density at radius 3 is 2.03 bits per heavy atom. The summed E-state index contributed by atoms with van der Waals surface area (Å²) in [5.74, 6) is 1.40. The van der Waals surface area contributed by atoms with Crippen molar-refractivity contribution in [3.05, 3.63) is 109 Å². The average Bonchev–Trinajstić information content (AvgIpc) is 2.89. The van der Waals surface area contributed by atoms with E-state index >= 15 is 0 Å². The monoisotopic (exact) mass is 467 g/mol. The van der Waals surface area contributed by atoms with E-state index in [0.717, 1.165) is 0 Å². The number of ether oxygens (including phenoxy) is 2. The van der Waals surface area contributed by atoms with Gasteiger partial charge in [0.15, 0.2) is 5.75 Å². The first kappa shape index (κ1) is 23.4. The van der Waals surface area contributed by atoms with E-state index in [0.29, 0.717) is 39.9 Å². The van der Waals surface area contributed by atoms with E-state index < -0.39 is 0 Å². The molecule has 0 unspecified atom stereocenters. The van der Waals surface area contributed by atoms with E-state index in [1.807, 2.05) is 66.7 Å². The Morgan fingerprint density at radius 1 is 0.686 bits per heavy atom. The molecule has 0 radical (unpaired) electrons.